The van der Waals surface area contributed by atoms with Crippen molar-refractivity contribution in [2.45, 2.75) is 6.42 Å². The highest BCUT2D eigenvalue weighted by Gasteiger charge is 2.22. The van der Waals surface area contributed by atoms with E-state index in [9.17, 15) is 9.59 Å². The number of aromatic nitrogens is 2. The molecule has 1 amide bonds. The second-order valence-electron chi connectivity index (χ2n) is 8.62. The first-order valence-electron chi connectivity index (χ1n) is 11.9. The van der Waals surface area contributed by atoms with Crippen LogP contribution in [0, 0.1) is 0 Å². The van der Waals surface area contributed by atoms with Gasteiger partial charge in [0.2, 0.25) is 5.91 Å². The van der Waals surface area contributed by atoms with Gasteiger partial charge in [-0.2, -0.15) is 9.78 Å². The number of carbonyl (C=O) groups is 1. The number of hydrogen-bond donors (Lipinski definition) is 1. The minimum Gasteiger partial charge on any atom is -0.375 e. The van der Waals surface area contributed by atoms with Crippen LogP contribution >= 0.6 is 11.6 Å². The number of piperazine rings is 1. The quantitative estimate of drug-likeness (QED) is 0.461. The SMILES string of the molecule is CN(CCCNC(=O)CN1CCN(c2cnn(-c3ccccc3)c(=O)c2Cl)CC1)c1ccccc1. The molecule has 184 valence electrons. The molecule has 1 aliphatic heterocycles. The van der Waals surface area contributed by atoms with Crippen LogP contribution < -0.4 is 20.7 Å². The minimum atomic E-state index is -0.338. The van der Waals surface area contributed by atoms with Gasteiger partial charge in [0.25, 0.3) is 5.56 Å². The van der Waals surface area contributed by atoms with E-state index in [0.717, 1.165) is 13.0 Å². The van der Waals surface area contributed by atoms with Gasteiger partial charge in [-0.15, -0.1) is 0 Å². The Bertz CT molecular complexity index is 1160. The van der Waals surface area contributed by atoms with E-state index < -0.39 is 0 Å². The molecule has 35 heavy (non-hydrogen) atoms. The summed E-state index contributed by atoms with van der Waals surface area (Å²) < 4.78 is 1.31. The summed E-state index contributed by atoms with van der Waals surface area (Å²) >= 11 is 6.44. The fourth-order valence-corrected chi connectivity index (χ4v) is 4.41. The van der Waals surface area contributed by atoms with Crippen LogP contribution in [0.2, 0.25) is 5.02 Å². The topological polar surface area (TPSA) is 73.7 Å². The van der Waals surface area contributed by atoms with E-state index in [1.807, 2.05) is 48.5 Å². The van der Waals surface area contributed by atoms with Gasteiger partial charge in [0.15, 0.2) is 0 Å². The number of anilines is 2. The Morgan fingerprint density at radius 3 is 2.37 bits per heavy atom. The lowest BCUT2D eigenvalue weighted by molar-refractivity contribution is -0.122. The van der Waals surface area contributed by atoms with E-state index in [0.29, 0.717) is 50.6 Å². The van der Waals surface area contributed by atoms with Crippen molar-refractivity contribution < 1.29 is 4.79 Å². The van der Waals surface area contributed by atoms with Gasteiger partial charge < -0.3 is 15.1 Å². The molecular formula is C26H31ClN6O2. The zero-order chi connectivity index (χ0) is 24.6. The number of nitrogens with one attached hydrogen (secondary N) is 1. The summed E-state index contributed by atoms with van der Waals surface area (Å²) in [5, 5.41) is 7.51. The first kappa shape index (κ1) is 24.8. The summed E-state index contributed by atoms with van der Waals surface area (Å²) in [5.74, 6) is 0.0333. The average Bonchev–Trinajstić information content (AvgIpc) is 2.89. The molecule has 1 saturated heterocycles. The molecule has 9 heteroatoms. The molecule has 0 spiro atoms. The molecule has 1 N–H and O–H groups in total. The van der Waals surface area contributed by atoms with Gasteiger partial charge in [-0.25, -0.2) is 0 Å². The van der Waals surface area contributed by atoms with Crippen LogP contribution in [0.5, 0.6) is 0 Å². The highest BCUT2D eigenvalue weighted by atomic mass is 35.5. The fraction of sp³-hybridized carbons (Fsp3) is 0.346. The van der Waals surface area contributed by atoms with Crippen molar-refractivity contribution in [3.8, 4) is 5.69 Å². The maximum atomic E-state index is 12.8. The lowest BCUT2D eigenvalue weighted by Gasteiger charge is -2.35. The third-order valence-corrected chi connectivity index (χ3v) is 6.53. The van der Waals surface area contributed by atoms with Crippen LogP contribution in [0.1, 0.15) is 6.42 Å². The molecule has 0 aliphatic carbocycles. The Morgan fingerprint density at radius 2 is 1.69 bits per heavy atom. The predicted octanol–water partition coefficient (Wildman–Crippen LogP) is 2.65. The second kappa shape index (κ2) is 11.9. The Balaban J connectivity index is 1.21. The summed E-state index contributed by atoms with van der Waals surface area (Å²) in [7, 11) is 2.06. The van der Waals surface area contributed by atoms with Crippen LogP contribution in [0.4, 0.5) is 11.4 Å². The maximum absolute atomic E-state index is 12.8. The zero-order valence-corrected chi connectivity index (χ0v) is 20.7. The van der Waals surface area contributed by atoms with Crippen molar-refractivity contribution in [2.75, 3.05) is 62.7 Å². The molecule has 0 radical (unpaired) electrons. The molecule has 0 bridgehead atoms. The number of rotatable bonds is 9. The van der Waals surface area contributed by atoms with Crippen molar-refractivity contribution in [3.63, 3.8) is 0 Å². The van der Waals surface area contributed by atoms with Crippen LogP contribution in [0.15, 0.2) is 71.7 Å². The summed E-state index contributed by atoms with van der Waals surface area (Å²) in [6.07, 6.45) is 2.52. The molecule has 1 aromatic heterocycles. The van der Waals surface area contributed by atoms with Crippen LogP contribution in [0.25, 0.3) is 5.69 Å². The first-order chi connectivity index (χ1) is 17.0. The Morgan fingerprint density at radius 1 is 1.03 bits per heavy atom. The van der Waals surface area contributed by atoms with Crippen molar-refractivity contribution in [1.82, 2.24) is 20.0 Å². The summed E-state index contributed by atoms with van der Waals surface area (Å²) in [6, 6.07) is 19.4. The fourth-order valence-electron chi connectivity index (χ4n) is 4.16. The largest absolute Gasteiger partial charge is 0.375 e. The number of halogens is 1. The molecule has 0 saturated carbocycles. The van der Waals surface area contributed by atoms with E-state index >= 15 is 0 Å². The highest BCUT2D eigenvalue weighted by Crippen LogP contribution is 2.23. The number of hydrogen-bond acceptors (Lipinski definition) is 6. The molecule has 1 aliphatic rings. The number of nitrogens with zero attached hydrogens (tertiary/aromatic N) is 5. The summed E-state index contributed by atoms with van der Waals surface area (Å²) in [6.45, 7) is 4.65. The normalized spacial score (nSPS) is 14.1. The molecule has 0 unspecified atom stereocenters. The smallest absolute Gasteiger partial charge is 0.292 e. The van der Waals surface area contributed by atoms with Gasteiger partial charge in [0, 0.05) is 52.0 Å². The van der Waals surface area contributed by atoms with Crippen molar-refractivity contribution in [2.24, 2.45) is 0 Å². The van der Waals surface area contributed by atoms with Crippen molar-refractivity contribution in [1.29, 1.82) is 0 Å². The van der Waals surface area contributed by atoms with E-state index in [4.69, 9.17) is 11.6 Å². The number of carbonyl (C=O) groups excluding carboxylic acids is 1. The van der Waals surface area contributed by atoms with E-state index in [1.54, 1.807) is 6.20 Å². The van der Waals surface area contributed by atoms with Crippen LogP contribution in [-0.2, 0) is 4.79 Å². The van der Waals surface area contributed by atoms with Crippen LogP contribution in [0.3, 0.4) is 0 Å². The minimum absolute atomic E-state index is 0.0333. The first-order valence-corrected chi connectivity index (χ1v) is 12.2. The van der Waals surface area contributed by atoms with Gasteiger partial charge in [-0.05, 0) is 30.7 Å². The van der Waals surface area contributed by atoms with E-state index in [2.05, 4.69) is 44.3 Å². The monoisotopic (exact) mass is 494 g/mol. The van der Waals surface area contributed by atoms with Crippen LogP contribution in [-0.4, -0.2) is 73.4 Å². The zero-order valence-electron chi connectivity index (χ0n) is 19.9. The highest BCUT2D eigenvalue weighted by molar-refractivity contribution is 6.33. The number of para-hydroxylation sites is 2. The third kappa shape index (κ3) is 6.41. The van der Waals surface area contributed by atoms with Gasteiger partial charge in [-0.1, -0.05) is 48.0 Å². The third-order valence-electron chi connectivity index (χ3n) is 6.17. The molecular weight excluding hydrogens is 464 g/mol. The number of benzene rings is 2. The average molecular weight is 495 g/mol. The molecule has 1 fully saturated rings. The standard InChI is InChI=1S/C26H31ClN6O2/c1-30(21-9-4-2-5-10-21)14-8-13-28-24(34)20-31-15-17-32(18-16-31)23-19-29-33(26(35)25(23)27)22-11-6-3-7-12-22/h2-7,9-12,19H,8,13-18,20H2,1H3,(H,28,34). The Hall–Kier alpha value is -3.36. The summed E-state index contributed by atoms with van der Waals surface area (Å²) in [5.41, 5.74) is 2.14. The molecule has 0 atom stereocenters. The maximum Gasteiger partial charge on any atom is 0.292 e. The van der Waals surface area contributed by atoms with E-state index in [-0.39, 0.29) is 16.5 Å². The predicted molar refractivity (Wildman–Crippen MR) is 141 cm³/mol. The number of amides is 1. The van der Waals surface area contributed by atoms with Crippen molar-refractivity contribution in [3.05, 3.63) is 82.2 Å². The lowest BCUT2D eigenvalue weighted by Crippen LogP contribution is -2.50. The van der Waals surface area contributed by atoms with Gasteiger partial charge >= 0.3 is 0 Å². The van der Waals surface area contributed by atoms with Gasteiger partial charge in [0.05, 0.1) is 24.1 Å². The Kier molecular flexibility index (Phi) is 8.39. The van der Waals surface area contributed by atoms with Gasteiger partial charge in [0.1, 0.15) is 5.02 Å². The second-order valence-corrected chi connectivity index (χ2v) is 9.00. The summed E-state index contributed by atoms with van der Waals surface area (Å²) in [4.78, 5) is 31.5. The van der Waals surface area contributed by atoms with Gasteiger partial charge in [-0.3, -0.25) is 14.5 Å². The molecule has 8 nitrogen and oxygen atoms in total. The lowest BCUT2D eigenvalue weighted by atomic mass is 10.2. The molecule has 4 rings (SSSR count). The molecule has 2 aromatic carbocycles. The molecule has 3 aromatic rings. The van der Waals surface area contributed by atoms with Crippen molar-refractivity contribution >= 4 is 28.9 Å². The molecule has 2 heterocycles. The van der Waals surface area contributed by atoms with E-state index in [1.165, 1.54) is 10.4 Å². The Labute approximate surface area is 210 Å².